The molecule has 28 heavy (non-hydrogen) atoms. The second-order valence-electron chi connectivity index (χ2n) is 7.83. The molecule has 2 N–H and O–H groups in total. The molecular formula is C22H24ClN3O2. The highest BCUT2D eigenvalue weighted by Crippen LogP contribution is 2.31. The van der Waals surface area contributed by atoms with Crippen LogP contribution in [0, 0.1) is 5.41 Å². The molecule has 0 spiro atoms. The number of piperazine rings is 1. The Labute approximate surface area is 170 Å². The number of nitrogens with zero attached hydrogens (tertiary/aromatic N) is 1. The van der Waals surface area contributed by atoms with E-state index in [4.69, 9.17) is 11.6 Å². The van der Waals surface area contributed by atoms with E-state index in [9.17, 15) is 9.59 Å². The second-order valence-corrected chi connectivity index (χ2v) is 8.26. The van der Waals surface area contributed by atoms with Crippen LogP contribution in [0.15, 0.2) is 54.6 Å². The number of carbonyl (C=O) groups excluding carboxylic acids is 2. The Balaban J connectivity index is 1.47. The lowest BCUT2D eigenvalue weighted by atomic mass is 9.74. The van der Waals surface area contributed by atoms with Gasteiger partial charge in [0.2, 0.25) is 11.8 Å². The zero-order valence-electron chi connectivity index (χ0n) is 15.7. The van der Waals surface area contributed by atoms with Crippen molar-refractivity contribution in [2.75, 3.05) is 26.2 Å². The van der Waals surface area contributed by atoms with Gasteiger partial charge in [-0.05, 0) is 36.1 Å². The van der Waals surface area contributed by atoms with Gasteiger partial charge >= 0.3 is 0 Å². The Morgan fingerprint density at radius 3 is 2.43 bits per heavy atom. The van der Waals surface area contributed by atoms with Gasteiger partial charge in [-0.1, -0.05) is 54.1 Å². The Morgan fingerprint density at radius 1 is 1.07 bits per heavy atom. The standard InChI is InChI=1S/C22H24ClN3O2/c23-18-8-6-17(7-9-18)11-22(14-24-15-22)21(28)26-12-19(25-20(27)13-26)10-16-4-2-1-3-5-16/h1-9,19,24H,10-15H2,(H,25,27)/t19-/m0/s1. The van der Waals surface area contributed by atoms with E-state index in [1.807, 2.05) is 54.6 Å². The van der Waals surface area contributed by atoms with Crippen LogP contribution in [0.1, 0.15) is 11.1 Å². The third kappa shape index (κ3) is 4.05. The van der Waals surface area contributed by atoms with Crippen LogP contribution >= 0.6 is 11.6 Å². The first-order chi connectivity index (χ1) is 13.5. The minimum absolute atomic E-state index is 0.0618. The summed E-state index contributed by atoms with van der Waals surface area (Å²) in [4.78, 5) is 27.4. The van der Waals surface area contributed by atoms with Crippen LogP contribution in [-0.2, 0) is 22.4 Å². The fourth-order valence-electron chi connectivity index (χ4n) is 4.10. The first-order valence-electron chi connectivity index (χ1n) is 9.62. The predicted octanol–water partition coefficient (Wildman–Crippen LogP) is 2.04. The Hall–Kier alpha value is -2.37. The number of halogens is 1. The second kappa shape index (κ2) is 7.94. The topological polar surface area (TPSA) is 61.4 Å². The Kier molecular flexibility index (Phi) is 5.38. The van der Waals surface area contributed by atoms with Crippen LogP contribution in [0.3, 0.4) is 0 Å². The number of hydrogen-bond donors (Lipinski definition) is 2. The summed E-state index contributed by atoms with van der Waals surface area (Å²) in [5.41, 5.74) is 1.76. The van der Waals surface area contributed by atoms with Crippen molar-refractivity contribution in [3.05, 3.63) is 70.7 Å². The molecule has 2 aliphatic rings. The maximum atomic E-state index is 13.4. The highest BCUT2D eigenvalue weighted by atomic mass is 35.5. The molecule has 2 aromatic carbocycles. The van der Waals surface area contributed by atoms with Crippen LogP contribution in [0.5, 0.6) is 0 Å². The van der Waals surface area contributed by atoms with E-state index in [0.717, 1.165) is 17.5 Å². The summed E-state index contributed by atoms with van der Waals surface area (Å²) in [7, 11) is 0. The van der Waals surface area contributed by atoms with E-state index in [0.29, 0.717) is 31.1 Å². The maximum Gasteiger partial charge on any atom is 0.239 e. The van der Waals surface area contributed by atoms with Crippen molar-refractivity contribution in [1.82, 2.24) is 15.5 Å². The summed E-state index contributed by atoms with van der Waals surface area (Å²) in [6, 6.07) is 17.6. The van der Waals surface area contributed by atoms with Gasteiger partial charge in [0.1, 0.15) is 0 Å². The van der Waals surface area contributed by atoms with Crippen molar-refractivity contribution < 1.29 is 9.59 Å². The van der Waals surface area contributed by atoms with Gasteiger partial charge < -0.3 is 15.5 Å². The molecule has 0 bridgehead atoms. The molecule has 2 amide bonds. The summed E-state index contributed by atoms with van der Waals surface area (Å²) in [6.07, 6.45) is 1.37. The van der Waals surface area contributed by atoms with Gasteiger partial charge in [-0.25, -0.2) is 0 Å². The average molecular weight is 398 g/mol. The molecule has 0 radical (unpaired) electrons. The maximum absolute atomic E-state index is 13.4. The van der Waals surface area contributed by atoms with Gasteiger partial charge in [0, 0.05) is 24.7 Å². The SMILES string of the molecule is O=C1CN(C(=O)C2(Cc3ccc(Cl)cc3)CNC2)C[C@H](Cc2ccccc2)N1. The number of nitrogens with one attached hydrogen (secondary N) is 2. The minimum Gasteiger partial charge on any atom is -0.350 e. The smallest absolute Gasteiger partial charge is 0.239 e. The quantitative estimate of drug-likeness (QED) is 0.811. The first-order valence-corrected chi connectivity index (χ1v) is 10.00. The fourth-order valence-corrected chi connectivity index (χ4v) is 4.22. The van der Waals surface area contributed by atoms with Crippen LogP contribution in [-0.4, -0.2) is 48.9 Å². The predicted molar refractivity (Wildman–Crippen MR) is 109 cm³/mol. The molecule has 5 nitrogen and oxygen atoms in total. The third-order valence-electron chi connectivity index (χ3n) is 5.59. The van der Waals surface area contributed by atoms with Gasteiger partial charge in [-0.3, -0.25) is 9.59 Å². The van der Waals surface area contributed by atoms with E-state index in [1.54, 1.807) is 4.90 Å². The van der Waals surface area contributed by atoms with E-state index >= 15 is 0 Å². The van der Waals surface area contributed by atoms with Crippen molar-refractivity contribution in [1.29, 1.82) is 0 Å². The molecule has 2 fully saturated rings. The van der Waals surface area contributed by atoms with Gasteiger partial charge in [-0.15, -0.1) is 0 Å². The number of rotatable bonds is 5. The fraction of sp³-hybridized carbons (Fsp3) is 0.364. The summed E-state index contributed by atoms with van der Waals surface area (Å²) >= 11 is 5.98. The summed E-state index contributed by atoms with van der Waals surface area (Å²) in [5.74, 6) is -0.0245. The zero-order chi connectivity index (χ0) is 19.6. The highest BCUT2D eigenvalue weighted by Gasteiger charge is 2.47. The molecule has 0 unspecified atom stereocenters. The average Bonchev–Trinajstić information content (AvgIpc) is 2.66. The number of hydrogen-bond acceptors (Lipinski definition) is 3. The van der Waals surface area contributed by atoms with Crippen molar-refractivity contribution >= 4 is 23.4 Å². The Bertz CT molecular complexity index is 850. The molecular weight excluding hydrogens is 374 g/mol. The molecule has 1 atom stereocenters. The molecule has 146 valence electrons. The van der Waals surface area contributed by atoms with E-state index in [2.05, 4.69) is 10.6 Å². The van der Waals surface area contributed by atoms with Crippen molar-refractivity contribution in [2.45, 2.75) is 18.9 Å². The molecule has 2 saturated heterocycles. The number of carbonyl (C=O) groups is 2. The monoisotopic (exact) mass is 397 g/mol. The lowest BCUT2D eigenvalue weighted by Crippen LogP contribution is -2.66. The number of amides is 2. The van der Waals surface area contributed by atoms with E-state index < -0.39 is 5.41 Å². The van der Waals surface area contributed by atoms with Crippen molar-refractivity contribution in [2.24, 2.45) is 5.41 Å². The molecule has 2 heterocycles. The largest absolute Gasteiger partial charge is 0.350 e. The summed E-state index contributed by atoms with van der Waals surface area (Å²) in [6.45, 7) is 1.94. The normalized spacial score (nSPS) is 21.0. The summed E-state index contributed by atoms with van der Waals surface area (Å²) in [5, 5.41) is 6.96. The molecule has 4 rings (SSSR count). The van der Waals surface area contributed by atoms with Crippen LogP contribution in [0.25, 0.3) is 0 Å². The van der Waals surface area contributed by atoms with Gasteiger partial charge in [0.05, 0.1) is 18.0 Å². The van der Waals surface area contributed by atoms with Crippen LogP contribution in [0.4, 0.5) is 0 Å². The molecule has 0 aliphatic carbocycles. The lowest BCUT2D eigenvalue weighted by molar-refractivity contribution is -0.150. The summed E-state index contributed by atoms with van der Waals surface area (Å²) < 4.78 is 0. The molecule has 6 heteroatoms. The van der Waals surface area contributed by atoms with Crippen molar-refractivity contribution in [3.63, 3.8) is 0 Å². The van der Waals surface area contributed by atoms with E-state index in [1.165, 1.54) is 0 Å². The molecule has 2 aromatic rings. The van der Waals surface area contributed by atoms with Gasteiger partial charge in [0.15, 0.2) is 0 Å². The van der Waals surface area contributed by atoms with Gasteiger partial charge in [-0.2, -0.15) is 0 Å². The van der Waals surface area contributed by atoms with Crippen LogP contribution < -0.4 is 10.6 Å². The third-order valence-corrected chi connectivity index (χ3v) is 5.84. The molecule has 0 aromatic heterocycles. The molecule has 0 saturated carbocycles. The highest BCUT2D eigenvalue weighted by molar-refractivity contribution is 6.30. The number of benzene rings is 2. The zero-order valence-corrected chi connectivity index (χ0v) is 16.4. The minimum atomic E-state index is -0.483. The Morgan fingerprint density at radius 2 is 1.79 bits per heavy atom. The van der Waals surface area contributed by atoms with Gasteiger partial charge in [0.25, 0.3) is 0 Å². The van der Waals surface area contributed by atoms with Crippen LogP contribution in [0.2, 0.25) is 5.02 Å². The molecule has 2 aliphatic heterocycles. The first kappa shape index (κ1) is 19.0. The lowest BCUT2D eigenvalue weighted by Gasteiger charge is -2.46. The van der Waals surface area contributed by atoms with Crippen molar-refractivity contribution in [3.8, 4) is 0 Å². The van der Waals surface area contributed by atoms with E-state index in [-0.39, 0.29) is 24.4 Å².